The van der Waals surface area contributed by atoms with Crippen LogP contribution >= 0.6 is 11.6 Å². The van der Waals surface area contributed by atoms with Crippen LogP contribution in [0, 0.1) is 6.92 Å². The van der Waals surface area contributed by atoms with E-state index in [2.05, 4.69) is 24.0 Å². The molecule has 0 N–H and O–H groups in total. The molecule has 0 unspecified atom stereocenters. The predicted molar refractivity (Wildman–Crippen MR) is 132 cm³/mol. The molecule has 7 heteroatoms. The average Bonchev–Trinajstić information content (AvgIpc) is 2.85. The van der Waals surface area contributed by atoms with E-state index in [9.17, 15) is 4.79 Å². The fourth-order valence-electron chi connectivity index (χ4n) is 4.29. The number of benzene rings is 2. The van der Waals surface area contributed by atoms with Crippen LogP contribution in [-0.2, 0) is 12.8 Å². The van der Waals surface area contributed by atoms with E-state index >= 15 is 0 Å². The van der Waals surface area contributed by atoms with Gasteiger partial charge in [0, 0.05) is 48.9 Å². The lowest BCUT2D eigenvalue weighted by Gasteiger charge is -2.36. The van der Waals surface area contributed by atoms with Crippen molar-refractivity contribution < 1.29 is 9.53 Å². The van der Waals surface area contributed by atoms with Crippen molar-refractivity contribution in [3.8, 4) is 5.75 Å². The minimum atomic E-state index is 0.00148. The number of hydrogen-bond acceptors (Lipinski definition) is 5. The number of amides is 1. The number of piperazine rings is 1. The van der Waals surface area contributed by atoms with E-state index in [1.54, 1.807) is 7.11 Å². The standard InChI is InChI=1S/C26H29ClN4O2/c1-4-23-22(17-19-9-11-20(27)12-10-19)25(29-18(2)28-23)30-13-15-31(16-14-30)26(32)21-7-5-6-8-24(21)33-3/h5-12H,4,13-17H2,1-3H3. The van der Waals surface area contributed by atoms with Gasteiger partial charge in [-0.3, -0.25) is 4.79 Å². The van der Waals surface area contributed by atoms with Gasteiger partial charge in [0.25, 0.3) is 5.91 Å². The summed E-state index contributed by atoms with van der Waals surface area (Å²) in [7, 11) is 1.59. The molecule has 1 amide bonds. The van der Waals surface area contributed by atoms with Crippen LogP contribution in [0.15, 0.2) is 48.5 Å². The molecule has 0 saturated carbocycles. The second kappa shape index (κ2) is 10.2. The van der Waals surface area contributed by atoms with Crippen LogP contribution < -0.4 is 9.64 Å². The van der Waals surface area contributed by atoms with Gasteiger partial charge >= 0.3 is 0 Å². The van der Waals surface area contributed by atoms with Crippen molar-refractivity contribution >= 4 is 23.3 Å². The lowest BCUT2D eigenvalue weighted by Crippen LogP contribution is -2.49. The minimum absolute atomic E-state index is 0.00148. The van der Waals surface area contributed by atoms with E-state index in [0.29, 0.717) is 37.5 Å². The summed E-state index contributed by atoms with van der Waals surface area (Å²) in [5.74, 6) is 2.35. The van der Waals surface area contributed by atoms with Crippen LogP contribution in [0.2, 0.25) is 5.02 Å². The quantitative estimate of drug-likeness (QED) is 0.535. The Morgan fingerprint density at radius 3 is 2.39 bits per heavy atom. The molecule has 0 spiro atoms. The molecule has 1 aliphatic heterocycles. The molecule has 3 aromatic rings. The number of halogens is 1. The van der Waals surface area contributed by atoms with Gasteiger partial charge in [-0.1, -0.05) is 42.8 Å². The topological polar surface area (TPSA) is 58.6 Å². The molecule has 0 aliphatic carbocycles. The van der Waals surface area contributed by atoms with E-state index in [-0.39, 0.29) is 5.91 Å². The van der Waals surface area contributed by atoms with Gasteiger partial charge in [0.2, 0.25) is 0 Å². The van der Waals surface area contributed by atoms with Gasteiger partial charge in [-0.15, -0.1) is 0 Å². The van der Waals surface area contributed by atoms with Gasteiger partial charge < -0.3 is 14.5 Å². The first-order valence-corrected chi connectivity index (χ1v) is 11.7. The number of aryl methyl sites for hydroxylation is 2. The number of anilines is 1. The maximum Gasteiger partial charge on any atom is 0.257 e. The van der Waals surface area contributed by atoms with Gasteiger partial charge in [0.15, 0.2) is 0 Å². The molecular weight excluding hydrogens is 436 g/mol. The van der Waals surface area contributed by atoms with Gasteiger partial charge in [0.1, 0.15) is 17.4 Å². The maximum absolute atomic E-state index is 13.1. The van der Waals surface area contributed by atoms with E-state index in [1.807, 2.05) is 48.2 Å². The number of nitrogens with zero attached hydrogens (tertiary/aromatic N) is 4. The fourth-order valence-corrected chi connectivity index (χ4v) is 4.42. The lowest BCUT2D eigenvalue weighted by atomic mass is 10.0. The van der Waals surface area contributed by atoms with Crippen molar-refractivity contribution in [1.29, 1.82) is 0 Å². The smallest absolute Gasteiger partial charge is 0.257 e. The summed E-state index contributed by atoms with van der Waals surface area (Å²) in [6, 6.07) is 15.3. The molecule has 1 aliphatic rings. The van der Waals surface area contributed by atoms with Crippen LogP contribution in [0.25, 0.3) is 0 Å². The number of aromatic nitrogens is 2. The van der Waals surface area contributed by atoms with Gasteiger partial charge in [-0.2, -0.15) is 0 Å². The predicted octanol–water partition coefficient (Wildman–Crippen LogP) is 4.56. The van der Waals surface area contributed by atoms with E-state index in [0.717, 1.165) is 40.8 Å². The highest BCUT2D eigenvalue weighted by molar-refractivity contribution is 6.30. The second-order valence-corrected chi connectivity index (χ2v) is 8.59. The van der Waals surface area contributed by atoms with Crippen LogP contribution in [0.4, 0.5) is 5.82 Å². The average molecular weight is 465 g/mol. The Kier molecular flexibility index (Phi) is 7.14. The van der Waals surface area contributed by atoms with Gasteiger partial charge in [-0.05, 0) is 43.2 Å². The van der Waals surface area contributed by atoms with Crippen molar-refractivity contribution in [2.75, 3.05) is 38.2 Å². The molecule has 1 saturated heterocycles. The molecule has 1 aromatic heterocycles. The molecule has 172 valence electrons. The summed E-state index contributed by atoms with van der Waals surface area (Å²) in [6.07, 6.45) is 1.59. The van der Waals surface area contributed by atoms with Crippen molar-refractivity contribution in [2.24, 2.45) is 0 Å². The minimum Gasteiger partial charge on any atom is -0.496 e. The monoisotopic (exact) mass is 464 g/mol. The first-order chi connectivity index (χ1) is 16.0. The summed E-state index contributed by atoms with van der Waals surface area (Å²) in [6.45, 7) is 6.75. The summed E-state index contributed by atoms with van der Waals surface area (Å²) < 4.78 is 5.38. The Bertz CT molecular complexity index is 1130. The van der Waals surface area contributed by atoms with Crippen LogP contribution in [-0.4, -0.2) is 54.1 Å². The van der Waals surface area contributed by atoms with E-state index < -0.39 is 0 Å². The molecule has 2 aromatic carbocycles. The zero-order valence-corrected chi connectivity index (χ0v) is 20.1. The molecular formula is C26H29ClN4O2. The molecule has 0 atom stereocenters. The number of carbonyl (C=O) groups excluding carboxylic acids is 1. The number of carbonyl (C=O) groups is 1. The van der Waals surface area contributed by atoms with Crippen LogP contribution in [0.1, 0.15) is 39.9 Å². The molecule has 6 nitrogen and oxygen atoms in total. The first kappa shape index (κ1) is 23.1. The lowest BCUT2D eigenvalue weighted by molar-refractivity contribution is 0.0743. The SMILES string of the molecule is CCc1nc(C)nc(N2CCN(C(=O)c3ccccc3OC)CC2)c1Cc1ccc(Cl)cc1. The van der Waals surface area contributed by atoms with Gasteiger partial charge in [0.05, 0.1) is 12.7 Å². The summed E-state index contributed by atoms with van der Waals surface area (Å²) in [4.78, 5) is 26.8. The Morgan fingerprint density at radius 1 is 1.03 bits per heavy atom. The third-order valence-electron chi connectivity index (χ3n) is 6.02. The third kappa shape index (κ3) is 5.11. The molecule has 1 fully saturated rings. The van der Waals surface area contributed by atoms with Crippen molar-refractivity contribution in [2.45, 2.75) is 26.7 Å². The highest BCUT2D eigenvalue weighted by atomic mass is 35.5. The van der Waals surface area contributed by atoms with Crippen molar-refractivity contribution in [3.05, 3.63) is 81.8 Å². The molecule has 0 bridgehead atoms. The summed E-state index contributed by atoms with van der Waals surface area (Å²) >= 11 is 6.08. The number of ether oxygens (including phenoxy) is 1. The Balaban J connectivity index is 1.55. The largest absolute Gasteiger partial charge is 0.496 e. The highest BCUT2D eigenvalue weighted by Crippen LogP contribution is 2.27. The van der Waals surface area contributed by atoms with Crippen LogP contribution in [0.3, 0.4) is 0 Å². The van der Waals surface area contributed by atoms with Crippen molar-refractivity contribution in [3.63, 3.8) is 0 Å². The third-order valence-corrected chi connectivity index (χ3v) is 6.27. The number of rotatable bonds is 6. The summed E-state index contributed by atoms with van der Waals surface area (Å²) in [5, 5.41) is 0.727. The Morgan fingerprint density at radius 2 is 1.73 bits per heavy atom. The number of methoxy groups -OCH3 is 1. The molecule has 33 heavy (non-hydrogen) atoms. The number of para-hydroxylation sites is 1. The van der Waals surface area contributed by atoms with E-state index in [4.69, 9.17) is 26.3 Å². The fraction of sp³-hybridized carbons (Fsp3) is 0.346. The van der Waals surface area contributed by atoms with E-state index in [1.165, 1.54) is 5.56 Å². The maximum atomic E-state index is 13.1. The highest BCUT2D eigenvalue weighted by Gasteiger charge is 2.27. The normalized spacial score (nSPS) is 13.8. The van der Waals surface area contributed by atoms with Gasteiger partial charge in [-0.25, -0.2) is 9.97 Å². The summed E-state index contributed by atoms with van der Waals surface area (Å²) in [5.41, 5.74) is 3.99. The Hall–Kier alpha value is -3.12. The Labute approximate surface area is 200 Å². The second-order valence-electron chi connectivity index (χ2n) is 8.16. The molecule has 2 heterocycles. The molecule has 0 radical (unpaired) electrons. The zero-order valence-electron chi connectivity index (χ0n) is 19.3. The number of hydrogen-bond donors (Lipinski definition) is 0. The zero-order chi connectivity index (χ0) is 23.4. The van der Waals surface area contributed by atoms with Crippen molar-refractivity contribution in [1.82, 2.24) is 14.9 Å². The first-order valence-electron chi connectivity index (χ1n) is 11.3. The van der Waals surface area contributed by atoms with Crippen LogP contribution in [0.5, 0.6) is 5.75 Å². The molecule has 4 rings (SSSR count).